The smallest absolute Gasteiger partial charge is 0.347 e. The average molecular weight is 770 g/mol. The largest absolute Gasteiger partial charge is 0.416 e. The van der Waals surface area contributed by atoms with Crippen LogP contribution in [0.15, 0.2) is 72.3 Å². The molecule has 0 bridgehead atoms. The van der Waals surface area contributed by atoms with Crippen molar-refractivity contribution in [2.75, 3.05) is 39.8 Å². The van der Waals surface area contributed by atoms with E-state index in [0.29, 0.717) is 49.2 Å². The number of alkyl halides is 6. The number of nitrogens with zero attached hydrogens (tertiary/aromatic N) is 3. The highest BCUT2D eigenvalue weighted by molar-refractivity contribution is 6.42. The van der Waals surface area contributed by atoms with Crippen LogP contribution in [0.2, 0.25) is 10.0 Å². The molecule has 2 aliphatic heterocycles. The third kappa shape index (κ3) is 9.10. The van der Waals surface area contributed by atoms with Crippen molar-refractivity contribution in [1.82, 2.24) is 20.0 Å². The van der Waals surface area contributed by atoms with Crippen LogP contribution in [0.1, 0.15) is 54.0 Å². The van der Waals surface area contributed by atoms with E-state index in [1.54, 1.807) is 17.0 Å². The van der Waals surface area contributed by atoms with Gasteiger partial charge < -0.3 is 15.1 Å². The van der Waals surface area contributed by atoms with Crippen LogP contribution in [0.4, 0.5) is 26.3 Å². The molecule has 5 rings (SSSR count). The summed E-state index contributed by atoms with van der Waals surface area (Å²) < 4.78 is 81.0. The molecule has 0 radical (unpaired) electrons. The molecule has 7 nitrogen and oxygen atoms in total. The molecular weight excluding hydrogens is 733 g/mol. The summed E-state index contributed by atoms with van der Waals surface area (Å²) in [5.41, 5.74) is -1.71. The molecule has 0 aromatic heterocycles. The van der Waals surface area contributed by atoms with Gasteiger partial charge in [-0.1, -0.05) is 59.6 Å². The van der Waals surface area contributed by atoms with Gasteiger partial charge in [0.15, 0.2) is 0 Å². The maximum atomic E-state index is 13.9. The molecule has 1 N–H and O–H groups in total. The van der Waals surface area contributed by atoms with E-state index in [-0.39, 0.29) is 65.1 Å². The van der Waals surface area contributed by atoms with Gasteiger partial charge in [0.1, 0.15) is 0 Å². The van der Waals surface area contributed by atoms with Crippen LogP contribution < -0.4 is 5.32 Å². The van der Waals surface area contributed by atoms with E-state index < -0.39 is 41.5 Å². The number of amides is 3. The highest BCUT2D eigenvalue weighted by Gasteiger charge is 2.39. The Bertz CT molecular complexity index is 1830. The molecule has 52 heavy (non-hydrogen) atoms. The SMILES string of the molecule is CC(=O)NC1(c2ccccc2)CCN(CC(=O)N2CCC(C(=O)N(C)Cc3cc(C(F)(F)F)cc(C(F)(F)F)c3)=C(c3ccc(Cl)c(Cl)c3)C2)CC1. The first-order chi connectivity index (χ1) is 24.4. The molecule has 15 heteroatoms. The Hall–Kier alpha value is -4.07. The summed E-state index contributed by atoms with van der Waals surface area (Å²) in [4.78, 5) is 44.4. The van der Waals surface area contributed by atoms with Crippen LogP contribution in [0, 0.1) is 0 Å². The minimum absolute atomic E-state index is 0.00116. The van der Waals surface area contributed by atoms with Crippen molar-refractivity contribution in [2.45, 2.75) is 50.6 Å². The van der Waals surface area contributed by atoms with Gasteiger partial charge in [-0.15, -0.1) is 0 Å². The van der Waals surface area contributed by atoms with E-state index in [1.165, 1.54) is 20.0 Å². The molecule has 2 aliphatic rings. The second-order valence-electron chi connectivity index (χ2n) is 13.1. The molecule has 3 aromatic carbocycles. The molecular formula is C37H36Cl2F6N4O3. The van der Waals surface area contributed by atoms with E-state index in [9.17, 15) is 40.7 Å². The van der Waals surface area contributed by atoms with Gasteiger partial charge in [-0.25, -0.2) is 0 Å². The summed E-state index contributed by atoms with van der Waals surface area (Å²) in [6, 6.07) is 15.6. The first kappa shape index (κ1) is 39.1. The molecule has 1 fully saturated rings. The number of carbonyl (C=O) groups is 3. The van der Waals surface area contributed by atoms with E-state index in [1.807, 2.05) is 35.2 Å². The van der Waals surface area contributed by atoms with Crippen molar-refractivity contribution in [3.63, 3.8) is 0 Å². The number of halogens is 8. The molecule has 1 saturated heterocycles. The highest BCUT2D eigenvalue weighted by atomic mass is 35.5. The summed E-state index contributed by atoms with van der Waals surface area (Å²) in [7, 11) is 1.29. The molecule has 3 aromatic rings. The first-order valence-electron chi connectivity index (χ1n) is 16.4. The predicted molar refractivity (Wildman–Crippen MR) is 185 cm³/mol. The van der Waals surface area contributed by atoms with Gasteiger partial charge in [0.2, 0.25) is 17.7 Å². The standard InChI is InChI=1S/C37H36Cl2F6N4O3/c1-23(50)46-35(26-6-4-3-5-7-26)11-14-48(15-12-35)22-33(51)49-13-10-29(30(21-49)25-8-9-31(38)32(39)18-25)34(52)47(2)20-24-16-27(36(40,41)42)19-28(17-24)37(43,44)45/h3-9,16-19H,10-15,20-22H2,1-2H3,(H,46,50). The number of piperidine rings is 1. The molecule has 2 heterocycles. The summed E-state index contributed by atoms with van der Waals surface area (Å²) in [6.07, 6.45) is -8.84. The fourth-order valence-corrected chi connectivity index (χ4v) is 7.11. The van der Waals surface area contributed by atoms with E-state index in [0.717, 1.165) is 10.5 Å². The molecule has 0 spiro atoms. The summed E-state index contributed by atoms with van der Waals surface area (Å²) in [5, 5.41) is 3.56. The lowest BCUT2D eigenvalue weighted by Crippen LogP contribution is -2.54. The van der Waals surface area contributed by atoms with Gasteiger partial charge in [0, 0.05) is 52.3 Å². The lowest BCUT2D eigenvalue weighted by Gasteiger charge is -2.43. The number of carbonyl (C=O) groups excluding carboxylic acids is 3. The maximum absolute atomic E-state index is 13.9. The van der Waals surface area contributed by atoms with Crippen LogP contribution in [-0.4, -0.2) is 72.2 Å². The van der Waals surface area contributed by atoms with Gasteiger partial charge in [-0.2, -0.15) is 26.3 Å². The molecule has 0 atom stereocenters. The van der Waals surface area contributed by atoms with Crippen molar-refractivity contribution >= 4 is 46.5 Å². The van der Waals surface area contributed by atoms with Crippen LogP contribution in [0.5, 0.6) is 0 Å². The summed E-state index contributed by atoms with van der Waals surface area (Å²) in [6.45, 7) is 2.23. The zero-order valence-corrected chi connectivity index (χ0v) is 29.8. The van der Waals surface area contributed by atoms with Crippen LogP contribution >= 0.6 is 23.2 Å². The highest BCUT2D eigenvalue weighted by Crippen LogP contribution is 2.38. The minimum atomic E-state index is -5.04. The van der Waals surface area contributed by atoms with Crippen molar-refractivity contribution in [3.05, 3.63) is 110 Å². The lowest BCUT2D eigenvalue weighted by atomic mass is 9.80. The Morgan fingerprint density at radius 3 is 2.02 bits per heavy atom. The van der Waals surface area contributed by atoms with E-state index in [4.69, 9.17) is 23.2 Å². The second kappa shape index (κ2) is 15.5. The number of nitrogens with one attached hydrogen (secondary N) is 1. The van der Waals surface area contributed by atoms with Crippen molar-refractivity contribution in [3.8, 4) is 0 Å². The zero-order valence-electron chi connectivity index (χ0n) is 28.3. The third-order valence-corrected chi connectivity index (χ3v) is 10.2. The lowest BCUT2D eigenvalue weighted by molar-refractivity contribution is -0.143. The molecule has 0 unspecified atom stereocenters. The van der Waals surface area contributed by atoms with Gasteiger partial charge >= 0.3 is 12.4 Å². The van der Waals surface area contributed by atoms with Crippen LogP contribution in [0.3, 0.4) is 0 Å². The van der Waals surface area contributed by atoms with Crippen LogP contribution in [0.25, 0.3) is 5.57 Å². The normalized spacial score (nSPS) is 16.8. The predicted octanol–water partition coefficient (Wildman–Crippen LogP) is 7.80. The number of benzene rings is 3. The summed E-state index contributed by atoms with van der Waals surface area (Å²) >= 11 is 12.5. The second-order valence-corrected chi connectivity index (χ2v) is 13.9. The Labute approximate surface area is 307 Å². The quantitative estimate of drug-likeness (QED) is 0.238. The fourth-order valence-electron chi connectivity index (χ4n) is 6.81. The number of rotatable bonds is 8. The van der Waals surface area contributed by atoms with Crippen molar-refractivity contribution in [1.29, 1.82) is 0 Å². The minimum Gasteiger partial charge on any atom is -0.347 e. The molecule has 0 saturated carbocycles. The Balaban J connectivity index is 1.36. The summed E-state index contributed by atoms with van der Waals surface area (Å²) in [5.74, 6) is -0.974. The Kier molecular flexibility index (Phi) is 11.7. The van der Waals surface area contributed by atoms with Gasteiger partial charge in [-0.05, 0) is 71.9 Å². The third-order valence-electron chi connectivity index (χ3n) is 9.45. The van der Waals surface area contributed by atoms with Crippen molar-refractivity contribution in [2.24, 2.45) is 0 Å². The van der Waals surface area contributed by atoms with E-state index in [2.05, 4.69) is 5.32 Å². The Morgan fingerprint density at radius 1 is 0.846 bits per heavy atom. The first-order valence-corrected chi connectivity index (χ1v) is 17.2. The number of hydrogen-bond donors (Lipinski definition) is 1. The molecule has 278 valence electrons. The Morgan fingerprint density at radius 2 is 1.46 bits per heavy atom. The van der Waals surface area contributed by atoms with Gasteiger partial charge in [-0.3, -0.25) is 19.3 Å². The fraction of sp³-hybridized carbons (Fsp3) is 0.378. The van der Waals surface area contributed by atoms with Crippen molar-refractivity contribution < 1.29 is 40.7 Å². The average Bonchev–Trinajstić information content (AvgIpc) is 3.09. The molecule has 3 amide bonds. The van der Waals surface area contributed by atoms with Crippen LogP contribution in [-0.2, 0) is 38.8 Å². The molecule has 0 aliphatic carbocycles. The van der Waals surface area contributed by atoms with E-state index >= 15 is 0 Å². The number of hydrogen-bond acceptors (Lipinski definition) is 4. The number of likely N-dealkylation sites (tertiary alicyclic amines) is 1. The monoisotopic (exact) mass is 768 g/mol. The van der Waals surface area contributed by atoms with Gasteiger partial charge in [0.25, 0.3) is 0 Å². The topological polar surface area (TPSA) is 73.0 Å². The maximum Gasteiger partial charge on any atom is 0.416 e. The van der Waals surface area contributed by atoms with Gasteiger partial charge in [0.05, 0.1) is 33.3 Å². The zero-order chi connectivity index (χ0) is 38.0. The number of likely N-dealkylation sites (N-methyl/N-ethyl adjacent to an activating group) is 1.